The Morgan fingerprint density at radius 2 is 1.33 bits per heavy atom. The molecular formula is H2O3SiTbY. The molecule has 0 aliphatic heterocycles. The summed E-state index contributed by atoms with van der Waals surface area (Å²) in [4.78, 5) is 14.3. The van der Waals surface area contributed by atoms with Gasteiger partial charge in [0.25, 0.3) is 0 Å². The van der Waals surface area contributed by atoms with Crippen molar-refractivity contribution in [2.45, 2.75) is 0 Å². The predicted molar refractivity (Wildman–Crippen MR) is 10.9 cm³/mol. The van der Waals surface area contributed by atoms with Gasteiger partial charge in [-0.1, -0.05) is 0 Å². The molecule has 0 aromatic heterocycles. The molecule has 0 saturated heterocycles. The minimum absolute atomic E-state index is 0. The van der Waals surface area contributed by atoms with Crippen LogP contribution in [0.25, 0.3) is 0 Å². The molecule has 2 radical (unpaired) electrons. The quantitative estimate of drug-likeness (QED) is 0.527. The van der Waals surface area contributed by atoms with Crippen LogP contribution >= 0.6 is 0 Å². The second kappa shape index (κ2) is 10.1. The summed E-state index contributed by atoms with van der Waals surface area (Å²) in [5.41, 5.74) is 0. The first-order valence-electron chi connectivity index (χ1n) is 0.651. The van der Waals surface area contributed by atoms with Crippen molar-refractivity contribution in [1.29, 1.82) is 0 Å². The first-order chi connectivity index (χ1) is 1.73. The molecule has 0 aliphatic carbocycles. The zero-order chi connectivity index (χ0) is 3.58. The molecule has 0 fully saturated rings. The van der Waals surface area contributed by atoms with Gasteiger partial charge in [-0.15, -0.1) is 0 Å². The summed E-state index contributed by atoms with van der Waals surface area (Å²) < 4.78 is 8.74. The van der Waals surface area contributed by atoms with E-state index >= 15 is 0 Å². The Hall–Kier alpha value is 2.01. The molecule has 0 bridgehead atoms. The summed E-state index contributed by atoms with van der Waals surface area (Å²) >= 11 is 0. The van der Waals surface area contributed by atoms with Crippen molar-refractivity contribution in [3.63, 3.8) is 0 Å². The predicted octanol–water partition coefficient (Wildman–Crippen LogP) is -1.62. The summed E-state index contributed by atoms with van der Waals surface area (Å²) in [5.74, 6) is 0. The average molecular weight is 326 g/mol. The molecule has 0 aliphatic rings. The van der Waals surface area contributed by atoms with E-state index in [0.29, 0.717) is 0 Å². The van der Waals surface area contributed by atoms with Gasteiger partial charge in [0.2, 0.25) is 0 Å². The van der Waals surface area contributed by atoms with Gasteiger partial charge in [0.1, 0.15) is 0 Å². The molecule has 0 aromatic carbocycles. The van der Waals surface area contributed by atoms with Gasteiger partial charge in [-0.3, -0.25) is 4.46 Å². The molecule has 6 heavy (non-hydrogen) atoms. The summed E-state index contributed by atoms with van der Waals surface area (Å²) in [7, 11) is -3.13. The van der Waals surface area contributed by atoms with Crippen molar-refractivity contribution in [3.05, 3.63) is 0 Å². The van der Waals surface area contributed by atoms with Gasteiger partial charge in [0.15, 0.2) is 0 Å². The van der Waals surface area contributed by atoms with Crippen molar-refractivity contribution in [2.75, 3.05) is 0 Å². The van der Waals surface area contributed by atoms with E-state index in [-0.39, 0.29) is 71.3 Å². The maximum Gasteiger partial charge on any atom is 0.761 e. The van der Waals surface area contributed by atoms with E-state index in [1.54, 1.807) is 0 Å². The fourth-order valence-electron chi connectivity index (χ4n) is 0. The van der Waals surface area contributed by atoms with Crippen molar-refractivity contribution >= 4 is 9.17 Å². The Balaban J connectivity index is -0.0000000450. The summed E-state index contributed by atoms with van der Waals surface area (Å²) in [6, 6.07) is 0. The van der Waals surface area contributed by atoms with Crippen molar-refractivity contribution in [3.8, 4) is 0 Å². The third-order valence-electron chi connectivity index (χ3n) is 0. The molecule has 3 nitrogen and oxygen atoms in total. The van der Waals surface area contributed by atoms with Crippen LogP contribution in [0.15, 0.2) is 0 Å². The third-order valence-corrected chi connectivity index (χ3v) is 0. The minimum atomic E-state index is -3.13. The summed E-state index contributed by atoms with van der Waals surface area (Å²) in [6.07, 6.45) is 0. The molecule has 36 valence electrons. The molecular weight excluding hydrogens is 324 g/mol. The maximum atomic E-state index is 8.74. The van der Waals surface area contributed by atoms with E-state index in [4.69, 9.17) is 14.1 Å². The third kappa shape index (κ3) is 37.4. The standard InChI is InChI=1S/H2O3Si.Tb.Y/c1-4(2)3;;/h1-2H;;. The fraction of sp³-hybridized carbons (Fsp3) is 0. The molecule has 0 heterocycles. The van der Waals surface area contributed by atoms with Crippen LogP contribution in [0.5, 0.6) is 0 Å². The Morgan fingerprint density at radius 3 is 1.33 bits per heavy atom. The largest absolute Gasteiger partial charge is 0.761 e. The van der Waals surface area contributed by atoms with Crippen molar-refractivity contribution < 1.29 is 85.4 Å². The van der Waals surface area contributed by atoms with E-state index < -0.39 is 9.17 Å². The first-order valence-corrected chi connectivity index (χ1v) is 1.95. The normalized spacial score (nSPS) is 4.00. The average Bonchev–Trinajstić information content (AvgIpc) is 0.811. The van der Waals surface area contributed by atoms with Crippen LogP contribution in [0.4, 0.5) is 0 Å². The molecule has 0 atom stereocenters. The van der Waals surface area contributed by atoms with Crippen LogP contribution in [0.2, 0.25) is 0 Å². The maximum absolute atomic E-state index is 8.74. The monoisotopic (exact) mass is 326 g/mol. The van der Waals surface area contributed by atoms with E-state index in [1.807, 2.05) is 0 Å². The van der Waals surface area contributed by atoms with Crippen LogP contribution in [0, 0.1) is 38.6 Å². The minimum Gasteiger partial charge on any atom is -0.511 e. The van der Waals surface area contributed by atoms with E-state index in [2.05, 4.69) is 0 Å². The molecule has 0 amide bonds. The van der Waals surface area contributed by atoms with E-state index in [1.165, 1.54) is 0 Å². The number of hydrogen-bond donors (Lipinski definition) is 2. The van der Waals surface area contributed by atoms with Gasteiger partial charge < -0.3 is 9.59 Å². The Labute approximate surface area is 92.7 Å². The molecule has 0 saturated carbocycles. The Morgan fingerprint density at radius 1 is 1.33 bits per heavy atom. The summed E-state index contributed by atoms with van der Waals surface area (Å²) in [6.45, 7) is 0. The zero-order valence-corrected chi connectivity index (χ0v) is 8.69. The summed E-state index contributed by atoms with van der Waals surface area (Å²) in [5, 5.41) is 0. The zero-order valence-electron chi connectivity index (χ0n) is 2.71. The number of hydrogen-bond acceptors (Lipinski definition) is 1. The van der Waals surface area contributed by atoms with Gasteiger partial charge in [0, 0.05) is 71.3 Å². The van der Waals surface area contributed by atoms with Crippen LogP contribution in [0.3, 0.4) is 0 Å². The van der Waals surface area contributed by atoms with Gasteiger partial charge in [0.05, 0.1) is 0 Å². The molecule has 6 heteroatoms. The Bertz CT molecular complexity index is 33.8. The number of rotatable bonds is 0. The first kappa shape index (κ1) is 15.7. The van der Waals surface area contributed by atoms with Crippen LogP contribution in [-0.2, 0) is 37.2 Å². The van der Waals surface area contributed by atoms with Gasteiger partial charge in [-0.25, -0.2) is 0 Å². The smallest absolute Gasteiger partial charge is 0.511 e. The topological polar surface area (TPSA) is 57.5 Å². The Kier molecular flexibility index (Phi) is 26.4. The SMILES string of the molecule is O=[Si](O)O.[Tb].[Y]. The van der Waals surface area contributed by atoms with Crippen LogP contribution in [-0.4, -0.2) is 18.8 Å². The van der Waals surface area contributed by atoms with E-state index in [0.717, 1.165) is 0 Å². The van der Waals surface area contributed by atoms with Crippen LogP contribution in [0.1, 0.15) is 0 Å². The molecule has 0 rings (SSSR count). The molecule has 0 spiro atoms. The molecule has 2 N–H and O–H groups in total. The van der Waals surface area contributed by atoms with Crippen molar-refractivity contribution in [1.82, 2.24) is 0 Å². The second-order valence-corrected chi connectivity index (χ2v) is 0.848. The molecule has 0 aromatic rings. The van der Waals surface area contributed by atoms with Gasteiger partial charge in [-0.2, -0.15) is 0 Å². The van der Waals surface area contributed by atoms with Crippen LogP contribution < -0.4 is 0 Å². The molecule has 0 unspecified atom stereocenters. The van der Waals surface area contributed by atoms with E-state index in [9.17, 15) is 0 Å². The van der Waals surface area contributed by atoms with Gasteiger partial charge in [-0.05, 0) is 0 Å². The van der Waals surface area contributed by atoms with Crippen molar-refractivity contribution in [2.24, 2.45) is 0 Å². The van der Waals surface area contributed by atoms with Gasteiger partial charge >= 0.3 is 9.17 Å². The second-order valence-electron chi connectivity index (χ2n) is 0.283. The fourth-order valence-corrected chi connectivity index (χ4v) is 0.